The van der Waals surface area contributed by atoms with E-state index in [2.05, 4.69) is 0 Å². The quantitative estimate of drug-likeness (QED) is 0.555. The second kappa shape index (κ2) is 4.04. The van der Waals surface area contributed by atoms with Gasteiger partial charge in [-0.05, 0) is 25.5 Å². The van der Waals surface area contributed by atoms with E-state index < -0.39 is 16.4 Å². The molecule has 76 valence electrons. The first-order valence-electron chi connectivity index (χ1n) is 4.14. The van der Waals surface area contributed by atoms with Gasteiger partial charge in [0.1, 0.15) is 0 Å². The lowest BCUT2D eigenvalue weighted by molar-refractivity contribution is -0.388. The van der Waals surface area contributed by atoms with Crippen molar-refractivity contribution in [1.82, 2.24) is 0 Å². The van der Waals surface area contributed by atoms with Gasteiger partial charge in [-0.15, -0.1) is 0 Å². The third-order valence-corrected chi connectivity index (χ3v) is 1.75. The summed E-state index contributed by atoms with van der Waals surface area (Å²) in [5.41, 5.74) is -0.355. The van der Waals surface area contributed by atoms with Gasteiger partial charge in [-0.2, -0.15) is 4.39 Å². The van der Waals surface area contributed by atoms with Crippen LogP contribution < -0.4 is 4.74 Å². The molecular formula is C9H10FNO3. The maximum Gasteiger partial charge on any atom is 0.346 e. The molecule has 0 spiro atoms. The smallest absolute Gasteiger partial charge is 0.346 e. The van der Waals surface area contributed by atoms with Crippen LogP contribution in [0, 0.1) is 22.9 Å². The van der Waals surface area contributed by atoms with Crippen LogP contribution in [0.25, 0.3) is 0 Å². The number of aryl methyl sites for hydroxylation is 1. The van der Waals surface area contributed by atoms with E-state index >= 15 is 0 Å². The van der Waals surface area contributed by atoms with E-state index in [1.165, 1.54) is 19.1 Å². The molecule has 0 amide bonds. The van der Waals surface area contributed by atoms with Gasteiger partial charge in [0.25, 0.3) is 0 Å². The first-order chi connectivity index (χ1) is 6.57. The van der Waals surface area contributed by atoms with Crippen LogP contribution in [0.3, 0.4) is 0 Å². The van der Waals surface area contributed by atoms with E-state index in [9.17, 15) is 14.5 Å². The highest BCUT2D eigenvalue weighted by molar-refractivity contribution is 5.49. The summed E-state index contributed by atoms with van der Waals surface area (Å²) in [5.74, 6) is -0.860. The Morgan fingerprint density at radius 1 is 1.57 bits per heavy atom. The Kier molecular flexibility index (Phi) is 3.01. The Morgan fingerprint density at radius 2 is 2.21 bits per heavy atom. The minimum atomic E-state index is -0.832. The van der Waals surface area contributed by atoms with Crippen molar-refractivity contribution in [3.05, 3.63) is 33.6 Å². The maximum absolute atomic E-state index is 13.3. The summed E-state index contributed by atoms with van der Waals surface area (Å²) in [6, 6.07) is 2.85. The Balaban J connectivity index is 3.30. The number of rotatable bonds is 3. The van der Waals surface area contributed by atoms with Crippen LogP contribution in [0.4, 0.5) is 10.1 Å². The summed E-state index contributed by atoms with van der Waals surface area (Å²) in [5, 5.41) is 10.6. The van der Waals surface area contributed by atoms with Gasteiger partial charge in [-0.3, -0.25) is 10.1 Å². The Bertz CT molecular complexity index is 365. The van der Waals surface area contributed by atoms with Crippen molar-refractivity contribution < 1.29 is 14.1 Å². The molecule has 0 aliphatic rings. The van der Waals surface area contributed by atoms with Gasteiger partial charge in [-0.1, -0.05) is 6.07 Å². The Morgan fingerprint density at radius 3 is 2.71 bits per heavy atom. The normalized spacial score (nSPS) is 9.93. The summed E-state index contributed by atoms with van der Waals surface area (Å²) in [4.78, 5) is 9.78. The predicted molar refractivity (Wildman–Crippen MR) is 49.0 cm³/mol. The van der Waals surface area contributed by atoms with Crippen LogP contribution in [0.15, 0.2) is 12.1 Å². The van der Waals surface area contributed by atoms with Gasteiger partial charge in [0, 0.05) is 0 Å². The molecule has 4 nitrogen and oxygen atoms in total. The number of ether oxygens (including phenoxy) is 1. The van der Waals surface area contributed by atoms with Crippen molar-refractivity contribution >= 4 is 5.69 Å². The molecule has 0 atom stereocenters. The van der Waals surface area contributed by atoms with Crippen molar-refractivity contribution in [2.45, 2.75) is 13.8 Å². The lowest BCUT2D eigenvalue weighted by atomic mass is 10.2. The van der Waals surface area contributed by atoms with Gasteiger partial charge in [0.2, 0.25) is 5.82 Å². The molecule has 0 aliphatic carbocycles. The lowest BCUT2D eigenvalue weighted by Crippen LogP contribution is -2.01. The van der Waals surface area contributed by atoms with Crippen LogP contribution in [0.5, 0.6) is 5.75 Å². The molecule has 0 bridgehead atoms. The summed E-state index contributed by atoms with van der Waals surface area (Å²) in [6.45, 7) is 3.42. The molecule has 1 rings (SSSR count). The monoisotopic (exact) mass is 199 g/mol. The van der Waals surface area contributed by atoms with Gasteiger partial charge >= 0.3 is 5.69 Å². The van der Waals surface area contributed by atoms with Crippen LogP contribution in [-0.2, 0) is 0 Å². The molecule has 0 aliphatic heterocycles. The number of nitrogens with zero attached hydrogens (tertiary/aromatic N) is 1. The van der Waals surface area contributed by atoms with Gasteiger partial charge < -0.3 is 4.74 Å². The zero-order valence-electron chi connectivity index (χ0n) is 7.91. The van der Waals surface area contributed by atoms with E-state index in [0.29, 0.717) is 0 Å². The molecule has 0 unspecified atom stereocenters. The first kappa shape index (κ1) is 10.4. The fourth-order valence-electron chi connectivity index (χ4n) is 1.09. The average Bonchev–Trinajstić information content (AvgIpc) is 2.11. The first-order valence-corrected chi connectivity index (χ1v) is 4.14. The van der Waals surface area contributed by atoms with Crippen LogP contribution in [0.1, 0.15) is 12.5 Å². The second-order valence-electron chi connectivity index (χ2n) is 2.73. The zero-order valence-corrected chi connectivity index (χ0v) is 7.91. The summed E-state index contributed by atoms with van der Waals surface area (Å²) >= 11 is 0. The molecule has 0 saturated carbocycles. The van der Waals surface area contributed by atoms with E-state index in [4.69, 9.17) is 4.74 Å². The topological polar surface area (TPSA) is 52.4 Å². The van der Waals surface area contributed by atoms with Crippen LogP contribution >= 0.6 is 0 Å². The van der Waals surface area contributed by atoms with Gasteiger partial charge in [0.15, 0.2) is 5.75 Å². The van der Waals surface area contributed by atoms with Crippen molar-refractivity contribution in [3.8, 4) is 5.75 Å². The number of halogens is 1. The van der Waals surface area contributed by atoms with Crippen molar-refractivity contribution in [3.63, 3.8) is 0 Å². The number of hydrogen-bond donors (Lipinski definition) is 0. The predicted octanol–water partition coefficient (Wildman–Crippen LogP) is 2.44. The van der Waals surface area contributed by atoms with E-state index in [1.54, 1.807) is 6.92 Å². The average molecular weight is 199 g/mol. The largest absolute Gasteiger partial charge is 0.487 e. The highest BCUT2D eigenvalue weighted by Crippen LogP contribution is 2.31. The van der Waals surface area contributed by atoms with Crippen molar-refractivity contribution in [2.24, 2.45) is 0 Å². The molecular weight excluding hydrogens is 189 g/mol. The van der Waals surface area contributed by atoms with Crippen molar-refractivity contribution in [2.75, 3.05) is 6.61 Å². The maximum atomic E-state index is 13.3. The molecule has 1 aromatic rings. The molecule has 0 aromatic heterocycles. The SMILES string of the molecule is CCOc1ccc(C)c(F)c1[N+](=O)[O-]. The molecule has 0 radical (unpaired) electrons. The van der Waals surface area contributed by atoms with Crippen LogP contribution in [0.2, 0.25) is 0 Å². The molecule has 0 heterocycles. The summed E-state index contributed by atoms with van der Waals surface area (Å²) in [7, 11) is 0. The molecule has 0 fully saturated rings. The van der Waals surface area contributed by atoms with E-state index in [-0.39, 0.29) is 17.9 Å². The van der Waals surface area contributed by atoms with E-state index in [0.717, 1.165) is 0 Å². The van der Waals surface area contributed by atoms with Gasteiger partial charge in [-0.25, -0.2) is 0 Å². The third-order valence-electron chi connectivity index (χ3n) is 1.75. The lowest BCUT2D eigenvalue weighted by Gasteiger charge is -2.05. The molecule has 14 heavy (non-hydrogen) atoms. The molecule has 0 N–H and O–H groups in total. The van der Waals surface area contributed by atoms with E-state index in [1.807, 2.05) is 0 Å². The van der Waals surface area contributed by atoms with Crippen LogP contribution in [-0.4, -0.2) is 11.5 Å². The fourth-order valence-corrected chi connectivity index (χ4v) is 1.09. The summed E-state index contributed by atoms with van der Waals surface area (Å²) in [6.07, 6.45) is 0. The molecule has 5 heteroatoms. The number of nitro benzene ring substituents is 1. The number of hydrogen-bond acceptors (Lipinski definition) is 3. The highest BCUT2D eigenvalue weighted by Gasteiger charge is 2.22. The zero-order chi connectivity index (χ0) is 10.7. The highest BCUT2D eigenvalue weighted by atomic mass is 19.1. The Labute approximate surface area is 80.5 Å². The Hall–Kier alpha value is -1.65. The third kappa shape index (κ3) is 1.81. The fraction of sp³-hybridized carbons (Fsp3) is 0.333. The standard InChI is InChI=1S/C9H10FNO3/c1-3-14-7-5-4-6(2)8(10)9(7)11(12)13/h4-5H,3H2,1-2H3. The minimum absolute atomic E-state index is 0.0272. The minimum Gasteiger partial charge on any atom is -0.487 e. The van der Waals surface area contributed by atoms with Gasteiger partial charge in [0.05, 0.1) is 11.5 Å². The molecule has 1 aromatic carbocycles. The summed E-state index contributed by atoms with van der Waals surface area (Å²) < 4.78 is 18.3. The van der Waals surface area contributed by atoms with Crippen molar-refractivity contribution in [1.29, 1.82) is 0 Å². The number of nitro groups is 1. The molecule has 0 saturated heterocycles. The number of benzene rings is 1. The second-order valence-corrected chi connectivity index (χ2v) is 2.73.